The molecule has 0 unspecified atom stereocenters. The summed E-state index contributed by atoms with van der Waals surface area (Å²) in [5, 5.41) is 3.00. The zero-order valence-corrected chi connectivity index (χ0v) is 9.78. The van der Waals surface area contributed by atoms with Gasteiger partial charge in [0.05, 0.1) is 0 Å². The van der Waals surface area contributed by atoms with Crippen molar-refractivity contribution in [2.45, 2.75) is 13.0 Å². The molecule has 0 amide bonds. The molecular weight excluding hydrogens is 215 g/mol. The van der Waals surface area contributed by atoms with E-state index in [0.717, 1.165) is 11.1 Å². The fourth-order valence-electron chi connectivity index (χ4n) is 1.77. The molecule has 0 saturated heterocycles. The molecule has 0 bridgehead atoms. The van der Waals surface area contributed by atoms with Crippen LogP contribution in [0.3, 0.4) is 0 Å². The topological polar surface area (TPSA) is 24.9 Å². The van der Waals surface area contributed by atoms with Gasteiger partial charge >= 0.3 is 0 Å². The SMILES string of the molecule is CNCc1ccc(Cc2cccnc2)c(F)c1. The Morgan fingerprint density at radius 1 is 1.24 bits per heavy atom. The summed E-state index contributed by atoms with van der Waals surface area (Å²) in [5.74, 6) is -0.151. The molecule has 1 heterocycles. The van der Waals surface area contributed by atoms with Crippen LogP contribution < -0.4 is 5.32 Å². The Morgan fingerprint density at radius 2 is 2.12 bits per heavy atom. The molecule has 0 spiro atoms. The zero-order chi connectivity index (χ0) is 12.1. The fraction of sp³-hybridized carbons (Fsp3) is 0.214. The van der Waals surface area contributed by atoms with Gasteiger partial charge in [0.2, 0.25) is 0 Å². The second-order valence-corrected chi connectivity index (χ2v) is 3.99. The molecule has 88 valence electrons. The van der Waals surface area contributed by atoms with E-state index >= 15 is 0 Å². The van der Waals surface area contributed by atoms with Gasteiger partial charge in [-0.15, -0.1) is 0 Å². The van der Waals surface area contributed by atoms with Crippen LogP contribution in [0.1, 0.15) is 16.7 Å². The zero-order valence-electron chi connectivity index (χ0n) is 9.78. The van der Waals surface area contributed by atoms with Crippen molar-refractivity contribution in [2.75, 3.05) is 7.05 Å². The van der Waals surface area contributed by atoms with Crippen LogP contribution in [0, 0.1) is 5.82 Å². The minimum Gasteiger partial charge on any atom is -0.316 e. The van der Waals surface area contributed by atoms with Crippen LogP contribution in [0.25, 0.3) is 0 Å². The largest absolute Gasteiger partial charge is 0.316 e. The molecule has 1 N–H and O–H groups in total. The van der Waals surface area contributed by atoms with E-state index in [-0.39, 0.29) is 5.82 Å². The van der Waals surface area contributed by atoms with Crippen molar-refractivity contribution in [2.24, 2.45) is 0 Å². The van der Waals surface area contributed by atoms with Crippen molar-refractivity contribution in [3.63, 3.8) is 0 Å². The van der Waals surface area contributed by atoms with E-state index in [4.69, 9.17) is 0 Å². The maximum Gasteiger partial charge on any atom is 0.127 e. The summed E-state index contributed by atoms with van der Waals surface area (Å²) in [6.07, 6.45) is 4.07. The van der Waals surface area contributed by atoms with Crippen molar-refractivity contribution in [1.29, 1.82) is 0 Å². The van der Waals surface area contributed by atoms with Crippen molar-refractivity contribution in [1.82, 2.24) is 10.3 Å². The third-order valence-corrected chi connectivity index (χ3v) is 2.62. The minimum absolute atomic E-state index is 0.151. The third-order valence-electron chi connectivity index (χ3n) is 2.62. The Labute approximate surface area is 101 Å². The molecule has 1 aromatic heterocycles. The van der Waals surface area contributed by atoms with Gasteiger partial charge in [-0.05, 0) is 35.9 Å². The normalized spacial score (nSPS) is 10.5. The van der Waals surface area contributed by atoms with Crippen LogP contribution in [-0.4, -0.2) is 12.0 Å². The number of aromatic nitrogens is 1. The van der Waals surface area contributed by atoms with E-state index in [1.807, 2.05) is 31.3 Å². The first-order valence-corrected chi connectivity index (χ1v) is 5.60. The summed E-state index contributed by atoms with van der Waals surface area (Å²) >= 11 is 0. The molecule has 1 aromatic carbocycles. The number of halogens is 1. The molecule has 0 aliphatic rings. The highest BCUT2D eigenvalue weighted by molar-refractivity contribution is 5.29. The van der Waals surface area contributed by atoms with Gasteiger partial charge in [0.25, 0.3) is 0 Å². The highest BCUT2D eigenvalue weighted by Crippen LogP contribution is 2.14. The van der Waals surface area contributed by atoms with Crippen molar-refractivity contribution in [3.05, 3.63) is 65.2 Å². The van der Waals surface area contributed by atoms with Gasteiger partial charge in [-0.25, -0.2) is 4.39 Å². The monoisotopic (exact) mass is 230 g/mol. The van der Waals surface area contributed by atoms with Gasteiger partial charge in [-0.1, -0.05) is 18.2 Å². The highest BCUT2D eigenvalue weighted by atomic mass is 19.1. The number of benzene rings is 1. The Hall–Kier alpha value is -1.74. The molecule has 0 fully saturated rings. The molecule has 0 atom stereocenters. The molecule has 0 aliphatic carbocycles. The van der Waals surface area contributed by atoms with E-state index in [1.165, 1.54) is 0 Å². The van der Waals surface area contributed by atoms with Crippen LogP contribution in [0.4, 0.5) is 4.39 Å². The Morgan fingerprint density at radius 3 is 2.76 bits per heavy atom. The van der Waals surface area contributed by atoms with Gasteiger partial charge in [-0.3, -0.25) is 4.98 Å². The lowest BCUT2D eigenvalue weighted by atomic mass is 10.0. The van der Waals surface area contributed by atoms with Crippen LogP contribution in [-0.2, 0) is 13.0 Å². The van der Waals surface area contributed by atoms with E-state index in [9.17, 15) is 4.39 Å². The Balaban J connectivity index is 2.17. The first-order valence-electron chi connectivity index (χ1n) is 5.60. The average molecular weight is 230 g/mol. The standard InChI is InChI=1S/C14H15FN2/c1-16-9-12-4-5-13(14(15)8-12)7-11-3-2-6-17-10-11/h2-6,8,10,16H,7,9H2,1H3. The number of hydrogen-bond donors (Lipinski definition) is 1. The van der Waals surface area contributed by atoms with Gasteiger partial charge in [0, 0.05) is 25.4 Å². The van der Waals surface area contributed by atoms with Crippen LogP contribution in [0.2, 0.25) is 0 Å². The average Bonchev–Trinajstić information content (AvgIpc) is 2.34. The third kappa shape index (κ3) is 3.11. The number of rotatable bonds is 4. The van der Waals surface area contributed by atoms with Crippen LogP contribution in [0.5, 0.6) is 0 Å². The molecule has 2 nitrogen and oxygen atoms in total. The van der Waals surface area contributed by atoms with Crippen LogP contribution >= 0.6 is 0 Å². The summed E-state index contributed by atoms with van der Waals surface area (Å²) in [7, 11) is 1.85. The second-order valence-electron chi connectivity index (χ2n) is 3.99. The predicted octanol–water partition coefficient (Wildman–Crippen LogP) is 2.53. The maximum absolute atomic E-state index is 13.8. The lowest BCUT2D eigenvalue weighted by molar-refractivity contribution is 0.610. The molecule has 2 rings (SSSR count). The van der Waals surface area contributed by atoms with E-state index < -0.39 is 0 Å². The van der Waals surface area contributed by atoms with Crippen LogP contribution in [0.15, 0.2) is 42.7 Å². The van der Waals surface area contributed by atoms with Gasteiger partial charge in [0.15, 0.2) is 0 Å². The molecule has 3 heteroatoms. The van der Waals surface area contributed by atoms with E-state index in [2.05, 4.69) is 10.3 Å². The summed E-state index contributed by atoms with van der Waals surface area (Å²) < 4.78 is 13.8. The van der Waals surface area contributed by atoms with Gasteiger partial charge < -0.3 is 5.32 Å². The Kier molecular flexibility index (Phi) is 3.83. The van der Waals surface area contributed by atoms with Crippen molar-refractivity contribution >= 4 is 0 Å². The van der Waals surface area contributed by atoms with Crippen molar-refractivity contribution < 1.29 is 4.39 Å². The summed E-state index contributed by atoms with van der Waals surface area (Å²) in [4.78, 5) is 4.03. The molecule has 17 heavy (non-hydrogen) atoms. The number of nitrogens with zero attached hydrogens (tertiary/aromatic N) is 1. The molecule has 2 aromatic rings. The molecular formula is C14H15FN2. The maximum atomic E-state index is 13.8. The number of pyridine rings is 1. The minimum atomic E-state index is -0.151. The first kappa shape index (κ1) is 11.7. The molecule has 0 aliphatic heterocycles. The summed E-state index contributed by atoms with van der Waals surface area (Å²) in [6, 6.07) is 9.19. The molecule has 0 radical (unpaired) electrons. The lowest BCUT2D eigenvalue weighted by Gasteiger charge is -2.06. The predicted molar refractivity (Wildman–Crippen MR) is 66.2 cm³/mol. The fourth-order valence-corrected chi connectivity index (χ4v) is 1.77. The van der Waals surface area contributed by atoms with Gasteiger partial charge in [-0.2, -0.15) is 0 Å². The number of nitrogens with one attached hydrogen (secondary N) is 1. The van der Waals surface area contributed by atoms with E-state index in [1.54, 1.807) is 18.5 Å². The smallest absolute Gasteiger partial charge is 0.127 e. The lowest BCUT2D eigenvalue weighted by Crippen LogP contribution is -2.05. The summed E-state index contributed by atoms with van der Waals surface area (Å²) in [5.41, 5.74) is 2.69. The van der Waals surface area contributed by atoms with Crippen molar-refractivity contribution in [3.8, 4) is 0 Å². The highest BCUT2D eigenvalue weighted by Gasteiger charge is 2.04. The first-order chi connectivity index (χ1) is 8.29. The number of hydrogen-bond acceptors (Lipinski definition) is 2. The van der Waals surface area contributed by atoms with E-state index in [0.29, 0.717) is 18.5 Å². The second kappa shape index (κ2) is 5.55. The van der Waals surface area contributed by atoms with Gasteiger partial charge in [0.1, 0.15) is 5.82 Å². The summed E-state index contributed by atoms with van der Waals surface area (Å²) in [6.45, 7) is 0.685. The Bertz CT molecular complexity index is 483. The quantitative estimate of drug-likeness (QED) is 0.873. The molecule has 0 saturated carbocycles.